The minimum absolute atomic E-state index is 0.144. The number of hydrogen-bond donors (Lipinski definition) is 0. The van der Waals surface area contributed by atoms with Crippen molar-refractivity contribution in [1.82, 2.24) is 4.90 Å². The van der Waals surface area contributed by atoms with Crippen molar-refractivity contribution in [3.8, 4) is 0 Å². The van der Waals surface area contributed by atoms with Gasteiger partial charge in [-0.3, -0.25) is 0 Å². The van der Waals surface area contributed by atoms with Gasteiger partial charge in [-0.1, -0.05) is 24.3 Å². The summed E-state index contributed by atoms with van der Waals surface area (Å²) in [5.41, 5.74) is 2.30. The van der Waals surface area contributed by atoms with Crippen LogP contribution in [-0.4, -0.2) is 31.1 Å². The van der Waals surface area contributed by atoms with Gasteiger partial charge >= 0.3 is 11.9 Å². The molecule has 0 unspecified atom stereocenters. The van der Waals surface area contributed by atoms with Gasteiger partial charge in [0, 0.05) is 12.7 Å². The summed E-state index contributed by atoms with van der Waals surface area (Å²) in [5, 5.41) is 0. The van der Waals surface area contributed by atoms with E-state index >= 15 is 0 Å². The van der Waals surface area contributed by atoms with Gasteiger partial charge in [-0.05, 0) is 17.2 Å². The predicted molar refractivity (Wildman–Crippen MR) is 73.1 cm³/mol. The van der Waals surface area contributed by atoms with Crippen LogP contribution in [0.4, 0.5) is 0 Å². The third-order valence-corrected chi connectivity index (χ3v) is 2.99. The number of carbonyl (C=O) groups excluding carboxylic acids is 2. The molecule has 1 heterocycles. The monoisotopic (exact) mass is 273 g/mol. The highest BCUT2D eigenvalue weighted by Crippen LogP contribution is 2.23. The molecule has 1 aromatic rings. The molecule has 104 valence electrons. The maximum absolute atomic E-state index is 11.8. The average Bonchev–Trinajstić information content (AvgIpc) is 2.51. The molecule has 0 atom stereocenters. The molecule has 2 rings (SSSR count). The van der Waals surface area contributed by atoms with Crippen molar-refractivity contribution < 1.29 is 19.1 Å². The van der Waals surface area contributed by atoms with Crippen LogP contribution in [-0.2, 0) is 25.6 Å². The number of methoxy groups -OCH3 is 2. The second-order valence-corrected chi connectivity index (χ2v) is 4.19. The van der Waals surface area contributed by atoms with Crippen LogP contribution in [0.2, 0.25) is 0 Å². The largest absolute Gasteiger partial charge is 0.466 e. The molecule has 5 nitrogen and oxygen atoms in total. The van der Waals surface area contributed by atoms with E-state index < -0.39 is 11.9 Å². The second kappa shape index (κ2) is 6.06. The molecule has 5 heteroatoms. The zero-order chi connectivity index (χ0) is 14.5. The Kier molecular flexibility index (Phi) is 4.20. The lowest BCUT2D eigenvalue weighted by atomic mass is 10.0. The van der Waals surface area contributed by atoms with E-state index in [1.165, 1.54) is 14.2 Å². The molecule has 0 radical (unpaired) electrons. The average molecular weight is 273 g/mol. The van der Waals surface area contributed by atoms with Crippen LogP contribution in [0.25, 0.3) is 6.08 Å². The number of fused-ring (bicyclic) bond motifs is 1. The van der Waals surface area contributed by atoms with E-state index in [1.54, 1.807) is 11.1 Å². The van der Waals surface area contributed by atoms with E-state index in [4.69, 9.17) is 4.74 Å². The van der Waals surface area contributed by atoms with Gasteiger partial charge in [-0.25, -0.2) is 9.59 Å². The number of hydrogen-bond acceptors (Lipinski definition) is 5. The van der Waals surface area contributed by atoms with Crippen molar-refractivity contribution in [3.05, 3.63) is 53.4 Å². The van der Waals surface area contributed by atoms with Crippen LogP contribution in [0.15, 0.2) is 42.2 Å². The summed E-state index contributed by atoms with van der Waals surface area (Å²) in [7, 11) is 2.53. The lowest BCUT2D eigenvalue weighted by Gasteiger charge is -2.26. The zero-order valence-electron chi connectivity index (χ0n) is 11.3. The predicted octanol–water partition coefficient (Wildman–Crippen LogP) is 1.70. The number of benzene rings is 1. The molecule has 0 spiro atoms. The number of esters is 2. The van der Waals surface area contributed by atoms with Gasteiger partial charge in [0.05, 0.1) is 20.3 Å². The second-order valence-electron chi connectivity index (χ2n) is 4.19. The first-order valence-electron chi connectivity index (χ1n) is 6.06. The first-order chi connectivity index (χ1) is 9.65. The normalized spacial score (nSPS) is 13.7. The Morgan fingerprint density at radius 3 is 2.65 bits per heavy atom. The first-order valence-corrected chi connectivity index (χ1v) is 6.06. The minimum atomic E-state index is -0.599. The molecule has 1 aromatic carbocycles. The first kappa shape index (κ1) is 13.9. The highest BCUT2D eigenvalue weighted by molar-refractivity contribution is 5.96. The lowest BCUT2D eigenvalue weighted by molar-refractivity contribution is -0.139. The molecule has 1 aliphatic rings. The Hall–Kier alpha value is -2.56. The molecular weight excluding hydrogens is 258 g/mol. The van der Waals surface area contributed by atoms with Crippen molar-refractivity contribution in [1.29, 1.82) is 0 Å². The number of rotatable bonds is 3. The van der Waals surface area contributed by atoms with Crippen molar-refractivity contribution in [2.24, 2.45) is 0 Å². The molecule has 0 saturated heterocycles. The van der Waals surface area contributed by atoms with E-state index in [9.17, 15) is 9.59 Å². The Labute approximate surface area is 117 Å². The molecule has 20 heavy (non-hydrogen) atoms. The van der Waals surface area contributed by atoms with Gasteiger partial charge in [0.2, 0.25) is 0 Å². The highest BCUT2D eigenvalue weighted by atomic mass is 16.5. The molecule has 1 aliphatic heterocycles. The van der Waals surface area contributed by atoms with Crippen LogP contribution < -0.4 is 0 Å². The molecule has 0 aromatic heterocycles. The van der Waals surface area contributed by atoms with E-state index in [0.29, 0.717) is 6.54 Å². The summed E-state index contributed by atoms with van der Waals surface area (Å²) in [6, 6.07) is 7.84. The fraction of sp³-hybridized carbons (Fsp3) is 0.200. The van der Waals surface area contributed by atoms with E-state index in [2.05, 4.69) is 4.74 Å². The topological polar surface area (TPSA) is 55.8 Å². The van der Waals surface area contributed by atoms with E-state index in [1.807, 2.05) is 30.3 Å². The third kappa shape index (κ3) is 2.88. The molecule has 0 fully saturated rings. The van der Waals surface area contributed by atoms with Crippen LogP contribution in [0, 0.1) is 0 Å². The van der Waals surface area contributed by atoms with Crippen molar-refractivity contribution >= 4 is 18.0 Å². The summed E-state index contributed by atoms with van der Waals surface area (Å²) in [4.78, 5) is 24.8. The van der Waals surface area contributed by atoms with Gasteiger partial charge in [0.25, 0.3) is 0 Å². The number of ether oxygens (including phenoxy) is 2. The Morgan fingerprint density at radius 2 is 1.95 bits per heavy atom. The summed E-state index contributed by atoms with van der Waals surface area (Å²) >= 11 is 0. The molecular formula is C15H15NO4. The summed E-state index contributed by atoms with van der Waals surface area (Å²) in [5.74, 6) is -1.18. The number of nitrogens with zero attached hydrogens (tertiary/aromatic N) is 1. The third-order valence-electron chi connectivity index (χ3n) is 2.99. The molecule has 0 N–H and O–H groups in total. The Bertz CT molecular complexity index is 589. The summed E-state index contributed by atoms with van der Waals surface area (Å²) < 4.78 is 9.27. The maximum atomic E-state index is 11.8. The van der Waals surface area contributed by atoms with Crippen LogP contribution in [0.5, 0.6) is 0 Å². The zero-order valence-corrected chi connectivity index (χ0v) is 11.3. The molecule has 0 amide bonds. The fourth-order valence-corrected chi connectivity index (χ4v) is 1.95. The van der Waals surface area contributed by atoms with Crippen molar-refractivity contribution in [2.45, 2.75) is 6.54 Å². The minimum Gasteiger partial charge on any atom is -0.466 e. The molecule has 0 saturated carbocycles. The van der Waals surface area contributed by atoms with Crippen molar-refractivity contribution in [3.63, 3.8) is 0 Å². The van der Waals surface area contributed by atoms with Gasteiger partial charge in [0.1, 0.15) is 5.70 Å². The van der Waals surface area contributed by atoms with Crippen LogP contribution >= 0.6 is 0 Å². The maximum Gasteiger partial charge on any atom is 0.354 e. The Morgan fingerprint density at radius 1 is 1.20 bits per heavy atom. The standard InChI is InChI=1S/C15H15NO4/c1-19-14(17)9-13(15(18)20-2)16-8-7-11-5-3-4-6-12(11)10-16/h3-9H,10H2,1-2H3/b13-9+. The van der Waals surface area contributed by atoms with E-state index in [-0.39, 0.29) is 5.70 Å². The summed E-state index contributed by atoms with van der Waals surface area (Å²) in [6.45, 7) is 0.491. The summed E-state index contributed by atoms with van der Waals surface area (Å²) in [6.07, 6.45) is 4.75. The SMILES string of the molecule is COC(=O)/C=C(\C(=O)OC)N1C=Cc2ccccc2C1. The highest BCUT2D eigenvalue weighted by Gasteiger charge is 2.21. The van der Waals surface area contributed by atoms with Gasteiger partial charge < -0.3 is 14.4 Å². The quantitative estimate of drug-likeness (QED) is 0.620. The van der Waals surface area contributed by atoms with Crippen LogP contribution in [0.3, 0.4) is 0 Å². The smallest absolute Gasteiger partial charge is 0.354 e. The van der Waals surface area contributed by atoms with Gasteiger partial charge in [-0.2, -0.15) is 0 Å². The van der Waals surface area contributed by atoms with Crippen LogP contribution in [0.1, 0.15) is 11.1 Å². The number of carbonyl (C=O) groups is 2. The van der Waals surface area contributed by atoms with Crippen molar-refractivity contribution in [2.75, 3.05) is 14.2 Å². The van der Waals surface area contributed by atoms with E-state index in [0.717, 1.165) is 17.2 Å². The van der Waals surface area contributed by atoms with Gasteiger partial charge in [0.15, 0.2) is 0 Å². The molecule has 0 bridgehead atoms. The lowest BCUT2D eigenvalue weighted by Crippen LogP contribution is -2.26. The van der Waals surface area contributed by atoms with Gasteiger partial charge in [-0.15, -0.1) is 0 Å². The molecule has 0 aliphatic carbocycles. The Balaban J connectivity index is 2.31. The fourth-order valence-electron chi connectivity index (χ4n) is 1.95.